The summed E-state index contributed by atoms with van der Waals surface area (Å²) in [6, 6.07) is 6.01. The van der Waals surface area contributed by atoms with Gasteiger partial charge in [0, 0.05) is 12.0 Å². The zero-order chi connectivity index (χ0) is 15.6. The third-order valence-corrected chi connectivity index (χ3v) is 3.02. The number of hydrogen-bond donors (Lipinski definition) is 0. The van der Waals surface area contributed by atoms with E-state index in [9.17, 15) is 13.2 Å². The van der Waals surface area contributed by atoms with Crippen LogP contribution >= 0.6 is 15.9 Å². The van der Waals surface area contributed by atoms with Gasteiger partial charge in [0.25, 0.3) is 0 Å². The molecule has 0 amide bonds. The van der Waals surface area contributed by atoms with Crippen LogP contribution in [0, 0.1) is 0 Å². The quantitative estimate of drug-likeness (QED) is 0.708. The van der Waals surface area contributed by atoms with Gasteiger partial charge in [-0.3, -0.25) is 0 Å². The molecule has 0 atom stereocenters. The first-order valence-corrected chi connectivity index (χ1v) is 6.94. The monoisotopic (exact) mass is 360 g/mol. The summed E-state index contributed by atoms with van der Waals surface area (Å²) in [7, 11) is 0. The topological polar surface area (TPSA) is 35.0 Å². The minimum absolute atomic E-state index is 0.109. The average Bonchev–Trinajstić information content (AvgIpc) is 2.37. The molecule has 0 saturated heterocycles. The Bertz CT molecular complexity index is 627. The van der Waals surface area contributed by atoms with Crippen LogP contribution in [0.15, 0.2) is 34.9 Å². The largest absolute Gasteiger partial charge is 0.439 e. The Balaban J connectivity index is 2.22. The molecule has 0 aliphatic rings. The lowest BCUT2D eigenvalue weighted by atomic mass is 10.2. The lowest BCUT2D eigenvalue weighted by molar-refractivity contribution is -0.137. The van der Waals surface area contributed by atoms with Crippen molar-refractivity contribution in [2.75, 3.05) is 0 Å². The predicted molar refractivity (Wildman–Crippen MR) is 75.3 cm³/mol. The first-order chi connectivity index (χ1) is 9.75. The van der Waals surface area contributed by atoms with Gasteiger partial charge in [0.15, 0.2) is 0 Å². The number of alkyl halides is 3. The zero-order valence-corrected chi connectivity index (χ0v) is 12.9. The summed E-state index contributed by atoms with van der Waals surface area (Å²) >= 11 is 3.25. The molecular formula is C14H12BrF3N2O. The fourth-order valence-corrected chi connectivity index (χ4v) is 1.93. The molecule has 0 saturated carbocycles. The molecule has 0 radical (unpaired) electrons. The van der Waals surface area contributed by atoms with Crippen molar-refractivity contribution in [1.29, 1.82) is 0 Å². The molecule has 7 heteroatoms. The van der Waals surface area contributed by atoms with E-state index in [-0.39, 0.29) is 17.5 Å². The summed E-state index contributed by atoms with van der Waals surface area (Å²) < 4.78 is 43.4. The molecule has 21 heavy (non-hydrogen) atoms. The molecule has 0 N–H and O–H groups in total. The number of ether oxygens (including phenoxy) is 1. The maximum Gasteiger partial charge on any atom is 0.416 e. The number of nitrogens with zero attached hydrogens (tertiary/aromatic N) is 2. The molecule has 0 spiro atoms. The van der Waals surface area contributed by atoms with Crippen molar-refractivity contribution in [3.05, 3.63) is 46.3 Å². The van der Waals surface area contributed by atoms with Crippen LogP contribution < -0.4 is 4.74 Å². The van der Waals surface area contributed by atoms with Crippen LogP contribution in [0.5, 0.6) is 11.6 Å². The Labute approximate surface area is 128 Å². The van der Waals surface area contributed by atoms with Crippen molar-refractivity contribution < 1.29 is 17.9 Å². The SMILES string of the molecule is CC(C)c1nc(Br)cc(Oc2ccc(C(F)(F)F)cc2)n1. The standard InChI is InChI=1S/C14H12BrF3N2O/c1-8(2)13-19-11(15)7-12(20-13)21-10-5-3-9(4-6-10)14(16,17)18/h3-8H,1-2H3. The van der Waals surface area contributed by atoms with Gasteiger partial charge in [0.05, 0.1) is 5.56 Å². The van der Waals surface area contributed by atoms with E-state index >= 15 is 0 Å². The van der Waals surface area contributed by atoms with Gasteiger partial charge >= 0.3 is 6.18 Å². The maximum absolute atomic E-state index is 12.5. The van der Waals surface area contributed by atoms with Crippen molar-refractivity contribution in [2.45, 2.75) is 25.9 Å². The van der Waals surface area contributed by atoms with E-state index in [1.807, 2.05) is 13.8 Å². The van der Waals surface area contributed by atoms with Crippen molar-refractivity contribution in [2.24, 2.45) is 0 Å². The van der Waals surface area contributed by atoms with Crippen molar-refractivity contribution >= 4 is 15.9 Å². The van der Waals surface area contributed by atoms with Crippen molar-refractivity contribution in [3.8, 4) is 11.6 Å². The molecule has 1 aromatic carbocycles. The maximum atomic E-state index is 12.5. The van der Waals surface area contributed by atoms with E-state index in [1.165, 1.54) is 12.1 Å². The van der Waals surface area contributed by atoms with Crippen LogP contribution in [0.3, 0.4) is 0 Å². The molecule has 0 bridgehead atoms. The number of hydrogen-bond acceptors (Lipinski definition) is 3. The highest BCUT2D eigenvalue weighted by Gasteiger charge is 2.30. The van der Waals surface area contributed by atoms with Gasteiger partial charge in [-0.2, -0.15) is 18.2 Å². The second kappa shape index (κ2) is 6.01. The lowest BCUT2D eigenvalue weighted by Crippen LogP contribution is -2.04. The van der Waals surface area contributed by atoms with Gasteiger partial charge in [-0.1, -0.05) is 13.8 Å². The molecule has 0 fully saturated rings. The lowest BCUT2D eigenvalue weighted by Gasteiger charge is -2.10. The molecule has 1 aromatic heterocycles. The third-order valence-electron chi connectivity index (χ3n) is 2.61. The Morgan fingerprint density at radius 3 is 2.24 bits per heavy atom. The predicted octanol–water partition coefficient (Wildman–Crippen LogP) is 5.17. The van der Waals surface area contributed by atoms with Gasteiger partial charge in [-0.05, 0) is 40.2 Å². The van der Waals surface area contributed by atoms with E-state index in [2.05, 4.69) is 25.9 Å². The molecular weight excluding hydrogens is 349 g/mol. The van der Waals surface area contributed by atoms with E-state index < -0.39 is 11.7 Å². The Morgan fingerprint density at radius 2 is 1.71 bits per heavy atom. The number of benzene rings is 1. The van der Waals surface area contributed by atoms with Crippen LogP contribution in [0.4, 0.5) is 13.2 Å². The normalized spacial score (nSPS) is 11.8. The number of halogens is 4. The number of rotatable bonds is 3. The van der Waals surface area contributed by atoms with Gasteiger partial charge in [-0.25, -0.2) is 4.98 Å². The highest BCUT2D eigenvalue weighted by molar-refractivity contribution is 9.10. The first kappa shape index (κ1) is 15.8. The van der Waals surface area contributed by atoms with Crippen molar-refractivity contribution in [1.82, 2.24) is 9.97 Å². The van der Waals surface area contributed by atoms with E-state index in [4.69, 9.17) is 4.74 Å². The zero-order valence-electron chi connectivity index (χ0n) is 11.3. The van der Waals surface area contributed by atoms with Gasteiger partial charge in [0.1, 0.15) is 16.2 Å². The second-order valence-electron chi connectivity index (χ2n) is 4.67. The number of aromatic nitrogens is 2. The minimum Gasteiger partial charge on any atom is -0.439 e. The molecule has 0 unspecified atom stereocenters. The highest BCUT2D eigenvalue weighted by atomic mass is 79.9. The van der Waals surface area contributed by atoms with Crippen LogP contribution in [0.25, 0.3) is 0 Å². The molecule has 0 aliphatic heterocycles. The van der Waals surface area contributed by atoms with Gasteiger partial charge in [-0.15, -0.1) is 0 Å². The van der Waals surface area contributed by atoms with E-state index in [0.717, 1.165) is 12.1 Å². The van der Waals surface area contributed by atoms with Crippen LogP contribution in [0.2, 0.25) is 0 Å². The summed E-state index contributed by atoms with van der Waals surface area (Å²) in [5.41, 5.74) is -0.721. The summed E-state index contributed by atoms with van der Waals surface area (Å²) in [6.45, 7) is 3.87. The minimum atomic E-state index is -4.36. The fourth-order valence-electron chi connectivity index (χ4n) is 1.56. The summed E-state index contributed by atoms with van der Waals surface area (Å²) in [6.07, 6.45) is -4.36. The molecule has 112 valence electrons. The van der Waals surface area contributed by atoms with Gasteiger partial charge < -0.3 is 4.74 Å². The molecule has 0 aliphatic carbocycles. The molecule has 2 aromatic rings. The first-order valence-electron chi connectivity index (χ1n) is 6.15. The summed E-state index contributed by atoms with van der Waals surface area (Å²) in [4.78, 5) is 8.41. The van der Waals surface area contributed by atoms with Crippen molar-refractivity contribution in [3.63, 3.8) is 0 Å². The Morgan fingerprint density at radius 1 is 1.10 bits per heavy atom. The van der Waals surface area contributed by atoms with Crippen LogP contribution in [-0.2, 0) is 6.18 Å². The van der Waals surface area contributed by atoms with E-state index in [1.54, 1.807) is 6.07 Å². The van der Waals surface area contributed by atoms with E-state index in [0.29, 0.717) is 10.4 Å². The molecule has 1 heterocycles. The van der Waals surface area contributed by atoms with Crippen LogP contribution in [-0.4, -0.2) is 9.97 Å². The van der Waals surface area contributed by atoms with Gasteiger partial charge in [0.2, 0.25) is 5.88 Å². The summed E-state index contributed by atoms with van der Waals surface area (Å²) in [5.74, 6) is 1.26. The smallest absolute Gasteiger partial charge is 0.416 e. The third kappa shape index (κ3) is 4.17. The Kier molecular flexibility index (Phi) is 4.51. The second-order valence-corrected chi connectivity index (χ2v) is 5.48. The highest BCUT2D eigenvalue weighted by Crippen LogP contribution is 2.31. The fraction of sp³-hybridized carbons (Fsp3) is 0.286. The molecule has 2 rings (SSSR count). The average molecular weight is 361 g/mol. The molecule has 3 nitrogen and oxygen atoms in total. The van der Waals surface area contributed by atoms with Crippen LogP contribution in [0.1, 0.15) is 31.2 Å². The Hall–Kier alpha value is -1.63. The summed E-state index contributed by atoms with van der Waals surface area (Å²) in [5, 5.41) is 0.